The molecule has 3 aromatic carbocycles. The van der Waals surface area contributed by atoms with Gasteiger partial charge in [0.1, 0.15) is 0 Å². The maximum Gasteiger partial charge on any atom is 0.337 e. The lowest BCUT2D eigenvalue weighted by atomic mass is 10.1. The van der Waals surface area contributed by atoms with Crippen LogP contribution in [0.3, 0.4) is 0 Å². The van der Waals surface area contributed by atoms with Crippen LogP contribution in [0.4, 0.5) is 0 Å². The summed E-state index contributed by atoms with van der Waals surface area (Å²) >= 11 is 5.96. The van der Waals surface area contributed by atoms with Crippen molar-refractivity contribution in [2.75, 3.05) is 7.11 Å². The number of hydrogen-bond donors (Lipinski definition) is 0. The third-order valence-electron chi connectivity index (χ3n) is 3.71. The van der Waals surface area contributed by atoms with Crippen molar-refractivity contribution in [1.29, 1.82) is 0 Å². The van der Waals surface area contributed by atoms with Crippen molar-refractivity contribution in [1.82, 2.24) is 0 Å². The van der Waals surface area contributed by atoms with Crippen LogP contribution in [-0.4, -0.2) is 13.1 Å². The molecule has 0 saturated carbocycles. The van der Waals surface area contributed by atoms with Crippen molar-refractivity contribution in [3.8, 4) is 0 Å². The highest BCUT2D eigenvalue weighted by atomic mass is 127. The number of rotatable bonds is 3. The highest BCUT2D eigenvalue weighted by Gasteiger charge is 2.05. The number of fused-ring (bicyclic) bond motifs is 1. The molecule has 0 unspecified atom stereocenters. The van der Waals surface area contributed by atoms with Gasteiger partial charge in [-0.1, -0.05) is 42.5 Å². The number of methoxy groups -OCH3 is 1. The lowest BCUT2D eigenvalue weighted by Gasteiger charge is -2.04. The molecule has 0 atom stereocenters. The van der Waals surface area contributed by atoms with E-state index in [1.165, 1.54) is 21.5 Å². The highest BCUT2D eigenvalue weighted by Crippen LogP contribution is 2.29. The van der Waals surface area contributed by atoms with Gasteiger partial charge in [-0.25, -0.2) is 4.79 Å². The molecule has 0 bridgehead atoms. The Balaban J connectivity index is 1.91. The zero-order valence-corrected chi connectivity index (χ0v) is 16.7. The highest BCUT2D eigenvalue weighted by molar-refractivity contribution is 14.1. The standard InChI is InChI=1S/C20H14BrIO2/c1-24-20(23)16-4-2-3-13(12-16)5-6-14-7-9-17-15(11-14)8-10-18(22)19(17)21/h2-12H,1H3. The van der Waals surface area contributed by atoms with E-state index in [9.17, 15) is 4.79 Å². The molecule has 3 rings (SSSR count). The number of carbonyl (C=O) groups is 1. The molecule has 4 heteroatoms. The monoisotopic (exact) mass is 492 g/mol. The fraction of sp³-hybridized carbons (Fsp3) is 0.0500. The third-order valence-corrected chi connectivity index (χ3v) is 6.20. The first-order chi connectivity index (χ1) is 11.6. The van der Waals surface area contributed by atoms with Crippen LogP contribution < -0.4 is 0 Å². The molecule has 0 aliphatic heterocycles. The van der Waals surface area contributed by atoms with Crippen molar-refractivity contribution >= 4 is 67.4 Å². The predicted octanol–water partition coefficient (Wildman–Crippen LogP) is 6.16. The molecule has 0 aromatic heterocycles. The van der Waals surface area contributed by atoms with Crippen LogP contribution in [0.2, 0.25) is 0 Å². The summed E-state index contributed by atoms with van der Waals surface area (Å²) in [6.45, 7) is 0. The summed E-state index contributed by atoms with van der Waals surface area (Å²) in [6.07, 6.45) is 4.04. The van der Waals surface area contributed by atoms with Crippen LogP contribution in [0, 0.1) is 3.57 Å². The Kier molecular flexibility index (Phi) is 5.36. The van der Waals surface area contributed by atoms with E-state index in [0.29, 0.717) is 5.56 Å². The molecule has 0 amide bonds. The average Bonchev–Trinajstić information content (AvgIpc) is 2.62. The van der Waals surface area contributed by atoms with E-state index >= 15 is 0 Å². The first-order valence-electron chi connectivity index (χ1n) is 7.33. The van der Waals surface area contributed by atoms with Gasteiger partial charge in [0.25, 0.3) is 0 Å². The molecule has 0 radical (unpaired) electrons. The predicted molar refractivity (Wildman–Crippen MR) is 111 cm³/mol. The number of halogens is 2. The van der Waals surface area contributed by atoms with Gasteiger partial charge in [0.2, 0.25) is 0 Å². The number of carbonyl (C=O) groups excluding carboxylic acids is 1. The van der Waals surface area contributed by atoms with E-state index in [-0.39, 0.29) is 5.97 Å². The minimum absolute atomic E-state index is 0.324. The van der Waals surface area contributed by atoms with E-state index in [1.807, 2.05) is 30.4 Å². The van der Waals surface area contributed by atoms with Crippen molar-refractivity contribution < 1.29 is 9.53 Å². The second-order valence-electron chi connectivity index (χ2n) is 5.29. The molecule has 120 valence electrons. The zero-order chi connectivity index (χ0) is 17.1. The van der Waals surface area contributed by atoms with E-state index in [0.717, 1.165) is 15.6 Å². The van der Waals surface area contributed by atoms with Gasteiger partial charge in [0.15, 0.2) is 0 Å². The second-order valence-corrected chi connectivity index (χ2v) is 7.25. The molecule has 0 aliphatic carbocycles. The van der Waals surface area contributed by atoms with Crippen LogP contribution in [-0.2, 0) is 4.74 Å². The molecular weight excluding hydrogens is 479 g/mol. The van der Waals surface area contributed by atoms with Crippen LogP contribution in [0.1, 0.15) is 21.5 Å². The Morgan fingerprint density at radius 3 is 2.54 bits per heavy atom. The third kappa shape index (κ3) is 3.70. The van der Waals surface area contributed by atoms with Gasteiger partial charge in [-0.05, 0) is 84.7 Å². The van der Waals surface area contributed by atoms with Gasteiger partial charge in [-0.15, -0.1) is 0 Å². The maximum absolute atomic E-state index is 11.6. The second kappa shape index (κ2) is 7.49. The number of esters is 1. The van der Waals surface area contributed by atoms with Crippen molar-refractivity contribution in [2.24, 2.45) is 0 Å². The van der Waals surface area contributed by atoms with Gasteiger partial charge in [0, 0.05) is 8.04 Å². The van der Waals surface area contributed by atoms with E-state index in [1.54, 1.807) is 6.07 Å². The van der Waals surface area contributed by atoms with Crippen molar-refractivity contribution in [3.63, 3.8) is 0 Å². The van der Waals surface area contributed by atoms with Crippen molar-refractivity contribution in [3.05, 3.63) is 79.3 Å². The van der Waals surface area contributed by atoms with Gasteiger partial charge in [0.05, 0.1) is 12.7 Å². The number of ether oxygens (including phenoxy) is 1. The average molecular weight is 493 g/mol. The number of benzene rings is 3. The Morgan fingerprint density at radius 1 is 1.04 bits per heavy atom. The van der Waals surface area contributed by atoms with Crippen molar-refractivity contribution in [2.45, 2.75) is 0 Å². The minimum Gasteiger partial charge on any atom is -0.465 e. The molecule has 0 heterocycles. The quantitative estimate of drug-likeness (QED) is 0.248. The largest absolute Gasteiger partial charge is 0.465 e. The maximum atomic E-state index is 11.6. The molecule has 3 aromatic rings. The fourth-order valence-electron chi connectivity index (χ4n) is 2.47. The van der Waals surface area contributed by atoms with Gasteiger partial charge >= 0.3 is 5.97 Å². The first kappa shape index (κ1) is 17.2. The topological polar surface area (TPSA) is 26.3 Å². The molecular formula is C20H14BrIO2. The Hall–Kier alpha value is -1.66. The molecule has 0 saturated heterocycles. The smallest absolute Gasteiger partial charge is 0.337 e. The summed E-state index contributed by atoms with van der Waals surface area (Å²) in [5.74, 6) is -0.324. The van der Waals surface area contributed by atoms with Crippen LogP contribution >= 0.6 is 38.5 Å². The summed E-state index contributed by atoms with van der Waals surface area (Å²) in [7, 11) is 1.39. The zero-order valence-electron chi connectivity index (χ0n) is 12.9. The Labute approximate surface area is 162 Å². The van der Waals surface area contributed by atoms with Crippen LogP contribution in [0.25, 0.3) is 22.9 Å². The molecule has 0 aliphatic rings. The Bertz CT molecular complexity index is 948. The Morgan fingerprint density at radius 2 is 1.79 bits per heavy atom. The van der Waals surface area contributed by atoms with Crippen LogP contribution in [0.15, 0.2) is 59.1 Å². The van der Waals surface area contributed by atoms with E-state index in [2.05, 4.69) is 68.9 Å². The summed E-state index contributed by atoms with van der Waals surface area (Å²) in [5.41, 5.74) is 2.62. The van der Waals surface area contributed by atoms with Gasteiger partial charge in [-0.2, -0.15) is 0 Å². The summed E-state index contributed by atoms with van der Waals surface area (Å²) < 4.78 is 7.08. The summed E-state index contributed by atoms with van der Waals surface area (Å²) in [4.78, 5) is 11.6. The summed E-state index contributed by atoms with van der Waals surface area (Å²) in [5, 5.41) is 2.39. The molecule has 0 spiro atoms. The van der Waals surface area contributed by atoms with E-state index < -0.39 is 0 Å². The van der Waals surface area contributed by atoms with E-state index in [4.69, 9.17) is 4.74 Å². The lowest BCUT2D eigenvalue weighted by molar-refractivity contribution is 0.0600. The van der Waals surface area contributed by atoms with Gasteiger partial charge < -0.3 is 4.74 Å². The molecule has 0 N–H and O–H groups in total. The lowest BCUT2D eigenvalue weighted by Crippen LogP contribution is -2.00. The SMILES string of the molecule is COC(=O)c1cccc(C=Cc2ccc3c(Br)c(I)ccc3c2)c1. The molecule has 2 nitrogen and oxygen atoms in total. The van der Waals surface area contributed by atoms with Crippen LogP contribution in [0.5, 0.6) is 0 Å². The molecule has 0 fully saturated rings. The fourth-order valence-corrected chi connectivity index (χ4v) is 3.43. The molecule has 24 heavy (non-hydrogen) atoms. The minimum atomic E-state index is -0.324. The first-order valence-corrected chi connectivity index (χ1v) is 9.20. The summed E-state index contributed by atoms with van der Waals surface area (Å²) in [6, 6.07) is 18.0. The van der Waals surface area contributed by atoms with Gasteiger partial charge in [-0.3, -0.25) is 0 Å². The number of hydrogen-bond acceptors (Lipinski definition) is 2. The normalized spacial score (nSPS) is 11.1.